The maximum absolute atomic E-state index is 5.80. The molecular weight excluding hydrogens is 390 g/mol. The lowest BCUT2D eigenvalue weighted by atomic mass is 10.1. The number of nitrogens with zero attached hydrogens (tertiary/aromatic N) is 3. The third-order valence-electron chi connectivity index (χ3n) is 4.76. The summed E-state index contributed by atoms with van der Waals surface area (Å²) >= 11 is 1.75. The van der Waals surface area contributed by atoms with Crippen LogP contribution in [0.15, 0.2) is 60.0 Å². The van der Waals surface area contributed by atoms with Gasteiger partial charge in [0.1, 0.15) is 5.69 Å². The standard InChI is InChI=1S/C25H25N3OS/c1-3-23-26-20(17-30-23)13-6-5-10-18-11-9-12-19(16-18)24-25(29-4-2)28-22-15-8-7-14-21(22)27-24/h5,7-12,14-17H,3-4,6,13H2,1-2H3/b10-5+. The van der Waals surface area contributed by atoms with Crippen LogP contribution in [0.4, 0.5) is 0 Å². The van der Waals surface area contributed by atoms with E-state index in [1.165, 1.54) is 10.7 Å². The van der Waals surface area contributed by atoms with Crippen molar-refractivity contribution in [3.8, 4) is 17.1 Å². The van der Waals surface area contributed by atoms with E-state index in [1.54, 1.807) is 11.3 Å². The zero-order valence-corrected chi connectivity index (χ0v) is 18.2. The zero-order valence-electron chi connectivity index (χ0n) is 17.3. The van der Waals surface area contributed by atoms with Crippen LogP contribution in [0.2, 0.25) is 0 Å². The highest BCUT2D eigenvalue weighted by Crippen LogP contribution is 2.29. The minimum absolute atomic E-state index is 0.552. The van der Waals surface area contributed by atoms with E-state index in [1.807, 2.05) is 31.2 Å². The fourth-order valence-corrected chi connectivity index (χ4v) is 4.05. The van der Waals surface area contributed by atoms with Gasteiger partial charge in [0.05, 0.1) is 28.3 Å². The third-order valence-corrected chi connectivity index (χ3v) is 5.80. The van der Waals surface area contributed by atoms with Gasteiger partial charge in [0.2, 0.25) is 5.88 Å². The van der Waals surface area contributed by atoms with Crippen LogP contribution in [-0.2, 0) is 12.8 Å². The Morgan fingerprint density at radius 1 is 0.967 bits per heavy atom. The molecule has 0 spiro atoms. The van der Waals surface area contributed by atoms with E-state index in [-0.39, 0.29) is 0 Å². The highest BCUT2D eigenvalue weighted by atomic mass is 32.1. The second kappa shape index (κ2) is 9.63. The van der Waals surface area contributed by atoms with E-state index in [9.17, 15) is 0 Å². The second-order valence-corrected chi connectivity index (χ2v) is 7.89. The van der Waals surface area contributed by atoms with Crippen molar-refractivity contribution in [3.63, 3.8) is 0 Å². The van der Waals surface area contributed by atoms with Crippen molar-refractivity contribution in [1.82, 2.24) is 15.0 Å². The quantitative estimate of drug-likeness (QED) is 0.336. The minimum Gasteiger partial charge on any atom is -0.476 e. The molecule has 4 aromatic rings. The first kappa shape index (κ1) is 20.2. The zero-order chi connectivity index (χ0) is 20.8. The average molecular weight is 416 g/mol. The number of fused-ring (bicyclic) bond motifs is 1. The van der Waals surface area contributed by atoms with Crippen molar-refractivity contribution in [2.75, 3.05) is 6.61 Å². The monoisotopic (exact) mass is 415 g/mol. The highest BCUT2D eigenvalue weighted by molar-refractivity contribution is 7.09. The fourth-order valence-electron chi connectivity index (χ4n) is 3.28. The Bertz CT molecular complexity index is 1170. The van der Waals surface area contributed by atoms with Gasteiger partial charge in [0.25, 0.3) is 0 Å². The number of hydrogen-bond acceptors (Lipinski definition) is 5. The normalized spacial score (nSPS) is 11.4. The Morgan fingerprint density at radius 3 is 2.57 bits per heavy atom. The molecule has 0 aliphatic carbocycles. The van der Waals surface area contributed by atoms with Crippen molar-refractivity contribution >= 4 is 28.4 Å². The predicted octanol–water partition coefficient (Wildman–Crippen LogP) is 6.36. The molecule has 2 aromatic carbocycles. The van der Waals surface area contributed by atoms with E-state index in [0.717, 1.165) is 47.1 Å². The maximum Gasteiger partial charge on any atom is 0.241 e. The van der Waals surface area contributed by atoms with Gasteiger partial charge in [0.15, 0.2) is 0 Å². The number of hydrogen-bond donors (Lipinski definition) is 0. The molecule has 0 bridgehead atoms. The lowest BCUT2D eigenvalue weighted by Crippen LogP contribution is -2.00. The molecule has 0 aliphatic heterocycles. The molecule has 2 heterocycles. The first-order valence-electron chi connectivity index (χ1n) is 10.4. The molecule has 0 aliphatic rings. The maximum atomic E-state index is 5.80. The molecule has 4 rings (SSSR count). The number of benzene rings is 2. The van der Waals surface area contributed by atoms with Gasteiger partial charge in [-0.15, -0.1) is 11.3 Å². The number of aromatic nitrogens is 3. The molecule has 0 fully saturated rings. The Balaban J connectivity index is 1.54. The van der Waals surface area contributed by atoms with Gasteiger partial charge in [-0.3, -0.25) is 0 Å². The number of aryl methyl sites for hydroxylation is 2. The molecule has 0 radical (unpaired) electrons. The topological polar surface area (TPSA) is 47.9 Å². The summed E-state index contributed by atoms with van der Waals surface area (Å²) in [7, 11) is 0. The van der Waals surface area contributed by atoms with Crippen LogP contribution in [0.1, 0.15) is 36.5 Å². The third kappa shape index (κ3) is 4.74. The molecule has 0 saturated carbocycles. The molecule has 30 heavy (non-hydrogen) atoms. The molecule has 4 nitrogen and oxygen atoms in total. The van der Waals surface area contributed by atoms with Gasteiger partial charge in [-0.05, 0) is 49.9 Å². The molecule has 5 heteroatoms. The molecule has 152 valence electrons. The Morgan fingerprint density at radius 2 is 1.80 bits per heavy atom. The summed E-state index contributed by atoms with van der Waals surface area (Å²) in [6.07, 6.45) is 7.31. The van der Waals surface area contributed by atoms with Gasteiger partial charge >= 0.3 is 0 Å². The molecule has 0 atom stereocenters. The van der Waals surface area contributed by atoms with Crippen LogP contribution in [0.25, 0.3) is 28.4 Å². The van der Waals surface area contributed by atoms with Crippen molar-refractivity contribution in [2.45, 2.75) is 33.1 Å². The first-order chi connectivity index (χ1) is 14.8. The molecule has 0 N–H and O–H groups in total. The lowest BCUT2D eigenvalue weighted by molar-refractivity contribution is 0.328. The molecular formula is C25H25N3OS. The molecule has 0 amide bonds. The summed E-state index contributed by atoms with van der Waals surface area (Å²) < 4.78 is 5.80. The fraction of sp³-hybridized carbons (Fsp3) is 0.240. The van der Waals surface area contributed by atoms with Crippen LogP contribution in [0.3, 0.4) is 0 Å². The Labute approximate surface area is 181 Å². The van der Waals surface area contributed by atoms with E-state index < -0.39 is 0 Å². The van der Waals surface area contributed by atoms with Crippen molar-refractivity contribution in [1.29, 1.82) is 0 Å². The summed E-state index contributed by atoms with van der Waals surface area (Å²) in [5, 5.41) is 3.38. The number of ether oxygens (including phenoxy) is 1. The Hall–Kier alpha value is -3.05. The smallest absolute Gasteiger partial charge is 0.241 e. The van der Waals surface area contributed by atoms with Crippen LogP contribution in [-0.4, -0.2) is 21.6 Å². The highest BCUT2D eigenvalue weighted by Gasteiger charge is 2.12. The van der Waals surface area contributed by atoms with Crippen LogP contribution < -0.4 is 4.74 Å². The molecule has 0 saturated heterocycles. The molecule has 0 unspecified atom stereocenters. The van der Waals surface area contributed by atoms with E-state index in [4.69, 9.17) is 9.72 Å². The first-order valence-corrected chi connectivity index (χ1v) is 11.2. The van der Waals surface area contributed by atoms with Crippen LogP contribution in [0.5, 0.6) is 5.88 Å². The van der Waals surface area contributed by atoms with Gasteiger partial charge < -0.3 is 4.74 Å². The summed E-state index contributed by atoms with van der Waals surface area (Å²) in [4.78, 5) is 14.1. The number of rotatable bonds is 8. The van der Waals surface area contributed by atoms with Crippen molar-refractivity contribution in [3.05, 3.63) is 76.3 Å². The van der Waals surface area contributed by atoms with Gasteiger partial charge in [-0.1, -0.05) is 49.4 Å². The summed E-state index contributed by atoms with van der Waals surface area (Å²) in [6.45, 7) is 4.66. The number of para-hydroxylation sites is 2. The predicted molar refractivity (Wildman–Crippen MR) is 125 cm³/mol. The average Bonchev–Trinajstić information content (AvgIpc) is 3.25. The van der Waals surface area contributed by atoms with Gasteiger partial charge in [-0.2, -0.15) is 0 Å². The van der Waals surface area contributed by atoms with Crippen molar-refractivity contribution in [2.24, 2.45) is 0 Å². The SMILES string of the molecule is CCOc1nc2ccccc2nc1-c1cccc(/C=C/CCc2csc(CC)n2)c1. The molecule has 2 aromatic heterocycles. The van der Waals surface area contributed by atoms with Crippen molar-refractivity contribution < 1.29 is 4.74 Å². The second-order valence-electron chi connectivity index (χ2n) is 6.95. The van der Waals surface area contributed by atoms with E-state index in [0.29, 0.717) is 12.5 Å². The van der Waals surface area contributed by atoms with E-state index in [2.05, 4.69) is 58.7 Å². The number of thiazole rings is 1. The minimum atomic E-state index is 0.552. The van der Waals surface area contributed by atoms with Crippen LogP contribution in [0, 0.1) is 0 Å². The van der Waals surface area contributed by atoms with Gasteiger partial charge in [0, 0.05) is 10.9 Å². The summed E-state index contributed by atoms with van der Waals surface area (Å²) in [6, 6.07) is 16.2. The lowest BCUT2D eigenvalue weighted by Gasteiger charge is -2.10. The van der Waals surface area contributed by atoms with Crippen LogP contribution >= 0.6 is 11.3 Å². The summed E-state index contributed by atoms with van der Waals surface area (Å²) in [5.41, 5.74) is 5.81. The largest absolute Gasteiger partial charge is 0.476 e. The number of allylic oxidation sites excluding steroid dienone is 1. The summed E-state index contributed by atoms with van der Waals surface area (Å²) in [5.74, 6) is 0.576. The van der Waals surface area contributed by atoms with Gasteiger partial charge in [-0.25, -0.2) is 15.0 Å². The Kier molecular flexibility index (Phi) is 6.50. The van der Waals surface area contributed by atoms with E-state index >= 15 is 0 Å².